The second kappa shape index (κ2) is 11.9. The van der Waals surface area contributed by atoms with Gasteiger partial charge in [-0.1, -0.05) is 23.2 Å². The SMILES string of the molecule is COc1cc2nccc(Cl)c2cc1OC.COc1cc2nccc(Oc3ccc(N)c(Cl)c3)c2cc1OC. The lowest BCUT2D eigenvalue weighted by atomic mass is 10.2. The molecule has 8 nitrogen and oxygen atoms in total. The maximum atomic E-state index is 6.05. The Hall–Kier alpha value is -4.14. The number of ether oxygens (including phenoxy) is 5. The molecular formula is C28H25Cl2N3O5. The maximum absolute atomic E-state index is 6.05. The number of nitrogens with zero attached hydrogens (tertiary/aromatic N) is 2. The molecule has 2 heterocycles. The Morgan fingerprint density at radius 1 is 0.579 bits per heavy atom. The number of hydrogen-bond acceptors (Lipinski definition) is 8. The Morgan fingerprint density at radius 3 is 1.68 bits per heavy atom. The van der Waals surface area contributed by atoms with Gasteiger partial charge in [0.25, 0.3) is 0 Å². The van der Waals surface area contributed by atoms with E-state index in [4.69, 9.17) is 52.6 Å². The Kier molecular flexibility index (Phi) is 8.45. The van der Waals surface area contributed by atoms with Gasteiger partial charge in [-0.15, -0.1) is 0 Å². The van der Waals surface area contributed by atoms with Crippen LogP contribution in [0.5, 0.6) is 34.5 Å². The molecular weight excluding hydrogens is 529 g/mol. The molecule has 0 bridgehead atoms. The van der Waals surface area contributed by atoms with E-state index in [1.165, 1.54) is 0 Å². The van der Waals surface area contributed by atoms with Crippen molar-refractivity contribution in [1.29, 1.82) is 0 Å². The molecule has 0 saturated carbocycles. The van der Waals surface area contributed by atoms with Gasteiger partial charge in [0.05, 0.1) is 55.2 Å². The normalized spacial score (nSPS) is 10.5. The number of anilines is 1. The molecule has 0 unspecified atom stereocenters. The lowest BCUT2D eigenvalue weighted by Crippen LogP contribution is -1.93. The van der Waals surface area contributed by atoms with Crippen LogP contribution in [0, 0.1) is 0 Å². The minimum absolute atomic E-state index is 0.445. The van der Waals surface area contributed by atoms with E-state index in [1.54, 1.807) is 83.3 Å². The van der Waals surface area contributed by atoms with Crippen LogP contribution < -0.4 is 29.4 Å². The molecule has 0 spiro atoms. The lowest BCUT2D eigenvalue weighted by Gasteiger charge is -2.12. The molecule has 2 N–H and O–H groups in total. The minimum Gasteiger partial charge on any atom is -0.493 e. The van der Waals surface area contributed by atoms with Gasteiger partial charge in [0.1, 0.15) is 11.5 Å². The van der Waals surface area contributed by atoms with Crippen LogP contribution in [0.2, 0.25) is 10.0 Å². The van der Waals surface area contributed by atoms with Crippen LogP contribution in [-0.4, -0.2) is 38.4 Å². The average Bonchev–Trinajstić information content (AvgIpc) is 2.94. The summed E-state index contributed by atoms with van der Waals surface area (Å²) in [5.41, 5.74) is 7.75. The zero-order chi connectivity index (χ0) is 27.2. The van der Waals surface area contributed by atoms with Crippen molar-refractivity contribution in [3.05, 3.63) is 77.0 Å². The van der Waals surface area contributed by atoms with Crippen molar-refractivity contribution < 1.29 is 23.7 Å². The van der Waals surface area contributed by atoms with Crippen LogP contribution in [-0.2, 0) is 0 Å². The van der Waals surface area contributed by atoms with Crippen molar-refractivity contribution in [2.75, 3.05) is 34.2 Å². The number of nitrogen functional groups attached to an aromatic ring is 1. The standard InChI is InChI=1S/C17H15ClN2O3.C11H10ClNO2/c1-21-16-8-11-14(9-17(16)22-2)20-6-5-15(11)23-10-3-4-13(19)12(18)7-10;1-14-10-5-7-8(12)3-4-13-9(7)6-11(10)15-2/h3-9H,19H2,1-2H3;3-6H,1-2H3. The quantitative estimate of drug-likeness (QED) is 0.220. The molecule has 196 valence electrons. The number of nitrogens with two attached hydrogens (primary N) is 1. The molecule has 0 radical (unpaired) electrons. The number of rotatable bonds is 6. The van der Waals surface area contributed by atoms with Gasteiger partial charge in [-0.2, -0.15) is 0 Å². The molecule has 0 amide bonds. The lowest BCUT2D eigenvalue weighted by molar-refractivity contribution is 0.355. The molecule has 0 atom stereocenters. The van der Waals surface area contributed by atoms with E-state index in [0.29, 0.717) is 50.2 Å². The van der Waals surface area contributed by atoms with Crippen molar-refractivity contribution in [3.63, 3.8) is 0 Å². The molecule has 10 heteroatoms. The van der Waals surface area contributed by atoms with E-state index in [9.17, 15) is 0 Å². The zero-order valence-electron chi connectivity index (χ0n) is 21.1. The van der Waals surface area contributed by atoms with Gasteiger partial charge in [-0.3, -0.25) is 9.97 Å². The molecule has 5 aromatic rings. The molecule has 3 aromatic carbocycles. The van der Waals surface area contributed by atoms with E-state index in [-0.39, 0.29) is 0 Å². The number of halogens is 2. The summed E-state index contributed by atoms with van der Waals surface area (Å²) in [5.74, 6) is 3.75. The van der Waals surface area contributed by atoms with Crippen LogP contribution in [0.4, 0.5) is 5.69 Å². The Morgan fingerprint density at radius 2 is 1.11 bits per heavy atom. The summed E-state index contributed by atoms with van der Waals surface area (Å²) >= 11 is 12.1. The van der Waals surface area contributed by atoms with Crippen LogP contribution in [0.25, 0.3) is 21.8 Å². The summed E-state index contributed by atoms with van der Waals surface area (Å²) < 4.78 is 26.9. The van der Waals surface area contributed by atoms with Crippen molar-refractivity contribution >= 4 is 50.7 Å². The van der Waals surface area contributed by atoms with Crippen molar-refractivity contribution in [3.8, 4) is 34.5 Å². The topological polar surface area (TPSA) is 98.0 Å². The third kappa shape index (κ3) is 5.72. The Labute approximate surface area is 229 Å². The van der Waals surface area contributed by atoms with Gasteiger partial charge in [0, 0.05) is 41.4 Å². The highest BCUT2D eigenvalue weighted by atomic mass is 35.5. The molecule has 5 rings (SSSR count). The summed E-state index contributed by atoms with van der Waals surface area (Å²) in [4.78, 5) is 8.54. The van der Waals surface area contributed by atoms with Crippen molar-refractivity contribution in [2.24, 2.45) is 0 Å². The van der Waals surface area contributed by atoms with E-state index in [1.807, 2.05) is 12.1 Å². The third-order valence-corrected chi connectivity index (χ3v) is 6.26. The second-order valence-corrected chi connectivity index (χ2v) is 8.65. The van der Waals surface area contributed by atoms with Crippen LogP contribution >= 0.6 is 23.2 Å². The van der Waals surface area contributed by atoms with Gasteiger partial charge >= 0.3 is 0 Å². The fourth-order valence-corrected chi connectivity index (χ4v) is 4.05. The van der Waals surface area contributed by atoms with E-state index in [2.05, 4.69) is 9.97 Å². The highest BCUT2D eigenvalue weighted by Crippen LogP contribution is 2.38. The first-order valence-electron chi connectivity index (χ1n) is 11.3. The first kappa shape index (κ1) is 26.9. The van der Waals surface area contributed by atoms with E-state index in [0.717, 1.165) is 21.8 Å². The minimum atomic E-state index is 0.445. The van der Waals surface area contributed by atoms with Gasteiger partial charge < -0.3 is 29.4 Å². The van der Waals surface area contributed by atoms with Crippen LogP contribution in [0.15, 0.2) is 67.0 Å². The first-order chi connectivity index (χ1) is 18.4. The fourth-order valence-electron chi connectivity index (χ4n) is 3.67. The van der Waals surface area contributed by atoms with E-state index >= 15 is 0 Å². The number of methoxy groups -OCH3 is 4. The molecule has 0 fully saturated rings. The van der Waals surface area contributed by atoms with Crippen molar-refractivity contribution in [1.82, 2.24) is 9.97 Å². The van der Waals surface area contributed by atoms with Gasteiger partial charge in [0.2, 0.25) is 0 Å². The first-order valence-corrected chi connectivity index (χ1v) is 12.0. The van der Waals surface area contributed by atoms with E-state index < -0.39 is 0 Å². The van der Waals surface area contributed by atoms with Crippen LogP contribution in [0.3, 0.4) is 0 Å². The molecule has 0 saturated heterocycles. The summed E-state index contributed by atoms with van der Waals surface area (Å²) in [6.45, 7) is 0. The van der Waals surface area contributed by atoms with Crippen molar-refractivity contribution in [2.45, 2.75) is 0 Å². The Balaban J connectivity index is 0.000000194. The summed E-state index contributed by atoms with van der Waals surface area (Å²) in [6, 6.07) is 15.9. The number of fused-ring (bicyclic) bond motifs is 2. The summed E-state index contributed by atoms with van der Waals surface area (Å²) in [7, 11) is 6.35. The van der Waals surface area contributed by atoms with Crippen LogP contribution in [0.1, 0.15) is 0 Å². The molecule has 0 aliphatic rings. The summed E-state index contributed by atoms with van der Waals surface area (Å²) in [5, 5.41) is 2.76. The number of hydrogen-bond donors (Lipinski definition) is 1. The highest BCUT2D eigenvalue weighted by Gasteiger charge is 2.12. The second-order valence-electron chi connectivity index (χ2n) is 7.84. The highest BCUT2D eigenvalue weighted by molar-refractivity contribution is 6.35. The molecule has 0 aliphatic carbocycles. The number of benzene rings is 3. The zero-order valence-corrected chi connectivity index (χ0v) is 22.6. The smallest absolute Gasteiger partial charge is 0.162 e. The van der Waals surface area contributed by atoms with Gasteiger partial charge in [0.15, 0.2) is 23.0 Å². The number of pyridine rings is 2. The number of aromatic nitrogens is 2. The average molecular weight is 554 g/mol. The largest absolute Gasteiger partial charge is 0.493 e. The monoisotopic (exact) mass is 553 g/mol. The third-order valence-electron chi connectivity index (χ3n) is 5.60. The molecule has 0 aliphatic heterocycles. The fraction of sp³-hybridized carbons (Fsp3) is 0.143. The molecule has 2 aromatic heterocycles. The Bertz CT molecular complexity index is 1600. The molecule has 38 heavy (non-hydrogen) atoms. The van der Waals surface area contributed by atoms with Gasteiger partial charge in [-0.25, -0.2) is 0 Å². The van der Waals surface area contributed by atoms with Gasteiger partial charge in [-0.05, 0) is 36.4 Å². The predicted molar refractivity (Wildman–Crippen MR) is 151 cm³/mol. The summed E-state index contributed by atoms with van der Waals surface area (Å²) in [6.07, 6.45) is 3.33. The predicted octanol–water partition coefficient (Wildman–Crippen LogP) is 7.19. The maximum Gasteiger partial charge on any atom is 0.162 e.